The number of aliphatic carboxylic acids is 1. The van der Waals surface area contributed by atoms with E-state index in [1.807, 2.05) is 0 Å². The Morgan fingerprint density at radius 3 is 3.07 bits per heavy atom. The lowest BCUT2D eigenvalue weighted by Crippen LogP contribution is -2.03. The first-order valence-electron chi connectivity index (χ1n) is 5.12. The van der Waals surface area contributed by atoms with Crippen LogP contribution in [-0.2, 0) is 11.2 Å². The molecule has 1 aromatic heterocycles. The highest BCUT2D eigenvalue weighted by Gasteiger charge is 2.05. The maximum absolute atomic E-state index is 10.4. The number of aromatic nitrogens is 1. The second kappa shape index (κ2) is 6.40. The molecule has 0 spiro atoms. The van der Waals surface area contributed by atoms with E-state index >= 15 is 0 Å². The van der Waals surface area contributed by atoms with Crippen LogP contribution in [0.15, 0.2) is 5.38 Å². The van der Waals surface area contributed by atoms with Gasteiger partial charge >= 0.3 is 5.97 Å². The normalized spacial score (nSPS) is 10.2. The first-order valence-corrected chi connectivity index (χ1v) is 6.00. The Balaban J connectivity index is 2.29. The highest BCUT2D eigenvalue weighted by atomic mass is 32.1. The highest BCUT2D eigenvalue weighted by Crippen LogP contribution is 2.15. The molecule has 0 unspecified atom stereocenters. The second-order valence-electron chi connectivity index (χ2n) is 3.35. The Bertz CT molecular complexity index is 312. The summed E-state index contributed by atoms with van der Waals surface area (Å²) >= 11 is 1.46. The number of carboxylic acid groups (broad SMARTS) is 1. The lowest BCUT2D eigenvalue weighted by atomic mass is 10.2. The van der Waals surface area contributed by atoms with Crippen molar-refractivity contribution in [1.82, 2.24) is 4.98 Å². The van der Waals surface area contributed by atoms with Gasteiger partial charge in [0.2, 0.25) is 0 Å². The van der Waals surface area contributed by atoms with Crippen LogP contribution in [0.2, 0.25) is 0 Å². The van der Waals surface area contributed by atoms with Gasteiger partial charge in [0.05, 0.1) is 12.1 Å². The van der Waals surface area contributed by atoms with Crippen LogP contribution in [0.5, 0.6) is 0 Å². The number of hydrogen-bond donors (Lipinski definition) is 2. The van der Waals surface area contributed by atoms with Gasteiger partial charge in [-0.15, -0.1) is 11.3 Å². The van der Waals surface area contributed by atoms with Gasteiger partial charge < -0.3 is 10.4 Å². The summed E-state index contributed by atoms with van der Waals surface area (Å²) in [5, 5.41) is 14.4. The first kappa shape index (κ1) is 12.0. The Kier molecular flexibility index (Phi) is 5.10. The third-order valence-corrected chi connectivity index (χ3v) is 2.79. The standard InChI is InChI=1S/C10H16N2O2S/c1-2-3-4-5-11-10-12-8(7-15-10)6-9(13)14/h7H,2-6H2,1H3,(H,11,12)(H,13,14). The van der Waals surface area contributed by atoms with Crippen LogP contribution in [0.25, 0.3) is 0 Å². The molecule has 84 valence electrons. The molecule has 0 saturated carbocycles. The molecule has 15 heavy (non-hydrogen) atoms. The number of carbonyl (C=O) groups is 1. The van der Waals surface area contributed by atoms with Gasteiger partial charge in [0.1, 0.15) is 0 Å². The summed E-state index contributed by atoms with van der Waals surface area (Å²) in [5.41, 5.74) is 0.630. The van der Waals surface area contributed by atoms with E-state index in [0.29, 0.717) is 5.69 Å². The zero-order valence-corrected chi connectivity index (χ0v) is 9.64. The van der Waals surface area contributed by atoms with Crippen LogP contribution in [0.3, 0.4) is 0 Å². The SMILES string of the molecule is CCCCCNc1nc(CC(=O)O)cs1. The van der Waals surface area contributed by atoms with Gasteiger partial charge in [0, 0.05) is 11.9 Å². The molecule has 0 saturated heterocycles. The molecule has 4 nitrogen and oxygen atoms in total. The van der Waals surface area contributed by atoms with E-state index < -0.39 is 5.97 Å². The monoisotopic (exact) mass is 228 g/mol. The third kappa shape index (κ3) is 4.78. The lowest BCUT2D eigenvalue weighted by molar-refractivity contribution is -0.136. The van der Waals surface area contributed by atoms with E-state index in [2.05, 4.69) is 17.2 Å². The van der Waals surface area contributed by atoms with Crippen molar-refractivity contribution >= 4 is 22.4 Å². The van der Waals surface area contributed by atoms with Crippen molar-refractivity contribution in [3.8, 4) is 0 Å². The minimum Gasteiger partial charge on any atom is -0.481 e. The van der Waals surface area contributed by atoms with Crippen molar-refractivity contribution in [1.29, 1.82) is 0 Å². The van der Waals surface area contributed by atoms with E-state index in [9.17, 15) is 4.79 Å². The van der Waals surface area contributed by atoms with E-state index in [0.717, 1.165) is 18.1 Å². The summed E-state index contributed by atoms with van der Waals surface area (Å²) < 4.78 is 0. The molecule has 0 aliphatic carbocycles. The molecule has 0 fully saturated rings. The number of nitrogens with one attached hydrogen (secondary N) is 1. The number of nitrogens with zero attached hydrogens (tertiary/aromatic N) is 1. The topological polar surface area (TPSA) is 62.2 Å². The fraction of sp³-hybridized carbons (Fsp3) is 0.600. The number of carboxylic acids is 1. The summed E-state index contributed by atoms with van der Waals surface area (Å²) in [6, 6.07) is 0. The fourth-order valence-corrected chi connectivity index (χ4v) is 1.93. The molecule has 2 N–H and O–H groups in total. The van der Waals surface area contributed by atoms with Crippen molar-refractivity contribution < 1.29 is 9.90 Å². The van der Waals surface area contributed by atoms with Crippen molar-refractivity contribution in [2.75, 3.05) is 11.9 Å². The largest absolute Gasteiger partial charge is 0.481 e. The molecule has 0 aliphatic rings. The zero-order valence-electron chi connectivity index (χ0n) is 8.82. The summed E-state index contributed by atoms with van der Waals surface area (Å²) in [4.78, 5) is 14.6. The molecule has 0 aliphatic heterocycles. The Hall–Kier alpha value is -1.10. The van der Waals surface area contributed by atoms with Crippen molar-refractivity contribution in [2.45, 2.75) is 32.6 Å². The number of thiazole rings is 1. The lowest BCUT2D eigenvalue weighted by Gasteiger charge is -2.00. The maximum atomic E-state index is 10.4. The van der Waals surface area contributed by atoms with E-state index in [4.69, 9.17) is 5.11 Å². The summed E-state index contributed by atoms with van der Waals surface area (Å²) in [6.45, 7) is 3.07. The van der Waals surface area contributed by atoms with Crippen LogP contribution in [0.1, 0.15) is 31.9 Å². The predicted octanol–water partition coefficient (Wildman–Crippen LogP) is 2.37. The summed E-state index contributed by atoms with van der Waals surface area (Å²) in [6.07, 6.45) is 3.54. The average molecular weight is 228 g/mol. The van der Waals surface area contributed by atoms with Crippen LogP contribution in [0.4, 0.5) is 5.13 Å². The molecule has 0 radical (unpaired) electrons. The Labute approximate surface area is 93.4 Å². The van der Waals surface area contributed by atoms with Gasteiger partial charge in [-0.05, 0) is 6.42 Å². The number of unbranched alkanes of at least 4 members (excludes halogenated alkanes) is 2. The molecule has 0 aromatic carbocycles. The van der Waals surface area contributed by atoms with Crippen LogP contribution in [0, 0.1) is 0 Å². The quantitative estimate of drug-likeness (QED) is 0.703. The first-order chi connectivity index (χ1) is 7.22. The third-order valence-electron chi connectivity index (χ3n) is 1.94. The average Bonchev–Trinajstić information content (AvgIpc) is 2.59. The molecular formula is C10H16N2O2S. The van der Waals surface area contributed by atoms with Gasteiger partial charge in [-0.2, -0.15) is 0 Å². The maximum Gasteiger partial charge on any atom is 0.309 e. The van der Waals surface area contributed by atoms with Gasteiger partial charge in [0.15, 0.2) is 5.13 Å². The van der Waals surface area contributed by atoms with Gasteiger partial charge in [0.25, 0.3) is 0 Å². The number of hydrogen-bond acceptors (Lipinski definition) is 4. The highest BCUT2D eigenvalue weighted by molar-refractivity contribution is 7.13. The summed E-state index contributed by atoms with van der Waals surface area (Å²) in [5.74, 6) is -0.835. The minimum atomic E-state index is -0.835. The zero-order chi connectivity index (χ0) is 11.1. The summed E-state index contributed by atoms with van der Waals surface area (Å²) in [7, 11) is 0. The Morgan fingerprint density at radius 1 is 1.60 bits per heavy atom. The molecule has 1 rings (SSSR count). The van der Waals surface area contributed by atoms with Crippen LogP contribution >= 0.6 is 11.3 Å². The number of rotatable bonds is 7. The van der Waals surface area contributed by atoms with E-state index in [-0.39, 0.29) is 6.42 Å². The predicted molar refractivity (Wildman–Crippen MR) is 61.5 cm³/mol. The molecule has 0 atom stereocenters. The van der Waals surface area contributed by atoms with Crippen LogP contribution < -0.4 is 5.32 Å². The molecule has 0 bridgehead atoms. The van der Waals surface area contributed by atoms with Gasteiger partial charge in [-0.25, -0.2) is 4.98 Å². The fourth-order valence-electron chi connectivity index (χ4n) is 1.19. The minimum absolute atomic E-state index is 0.00708. The van der Waals surface area contributed by atoms with Crippen molar-refractivity contribution in [2.24, 2.45) is 0 Å². The molecular weight excluding hydrogens is 212 g/mol. The van der Waals surface area contributed by atoms with Crippen molar-refractivity contribution in [3.05, 3.63) is 11.1 Å². The van der Waals surface area contributed by atoms with Gasteiger partial charge in [-0.3, -0.25) is 4.79 Å². The second-order valence-corrected chi connectivity index (χ2v) is 4.21. The van der Waals surface area contributed by atoms with Crippen molar-refractivity contribution in [3.63, 3.8) is 0 Å². The molecule has 1 heterocycles. The molecule has 5 heteroatoms. The molecule has 0 amide bonds. The van der Waals surface area contributed by atoms with Gasteiger partial charge in [-0.1, -0.05) is 19.8 Å². The number of anilines is 1. The smallest absolute Gasteiger partial charge is 0.309 e. The van der Waals surface area contributed by atoms with E-state index in [1.54, 1.807) is 5.38 Å². The van der Waals surface area contributed by atoms with Crippen LogP contribution in [-0.4, -0.2) is 22.6 Å². The van der Waals surface area contributed by atoms with E-state index in [1.165, 1.54) is 24.2 Å². The molecule has 1 aromatic rings. The Morgan fingerprint density at radius 2 is 2.40 bits per heavy atom.